The third-order valence-corrected chi connectivity index (χ3v) is 5.90. The second-order valence-corrected chi connectivity index (χ2v) is 9.09. The van der Waals surface area contributed by atoms with Crippen molar-refractivity contribution < 1.29 is 19.6 Å². The number of ketones is 1. The lowest BCUT2D eigenvalue weighted by Crippen LogP contribution is -2.33. The average molecular weight is 438 g/mol. The van der Waals surface area contributed by atoms with Crippen molar-refractivity contribution in [3.05, 3.63) is 69.7 Å². The molecule has 2 aromatic heterocycles. The fourth-order valence-corrected chi connectivity index (χ4v) is 4.40. The quantitative estimate of drug-likeness (QED) is 0.479. The Morgan fingerprint density at radius 1 is 1.26 bits per heavy atom. The number of aromatic nitrogens is 2. The number of benzene rings is 1. The van der Waals surface area contributed by atoms with Crippen LogP contribution < -0.4 is 4.90 Å². The Bertz CT molecular complexity index is 1260. The number of carbonyl (C=O) groups is 2. The standard InChI is InChI=1S/C21H18N4O5S/c1-21(2,3)18(27)15-16(13-6-4-5-9-22-13)24(19(28)17(15)26)20-23-12-8-7-11(25(29)30)10-14(12)31-20/h4-10,16,26H,1-3H3. The molecule has 31 heavy (non-hydrogen) atoms. The van der Waals surface area contributed by atoms with Gasteiger partial charge in [-0.05, 0) is 18.2 Å². The number of pyridine rings is 1. The maximum atomic E-state index is 13.2. The van der Waals surface area contributed by atoms with Gasteiger partial charge in [-0.2, -0.15) is 0 Å². The van der Waals surface area contributed by atoms with Crippen LogP contribution in [0, 0.1) is 15.5 Å². The Kier molecular flexibility index (Phi) is 4.81. The van der Waals surface area contributed by atoms with E-state index in [1.54, 1.807) is 39.0 Å². The highest BCUT2D eigenvalue weighted by atomic mass is 32.1. The van der Waals surface area contributed by atoms with Crippen LogP contribution in [0.4, 0.5) is 10.8 Å². The van der Waals surface area contributed by atoms with E-state index in [4.69, 9.17) is 0 Å². The molecule has 0 spiro atoms. The number of Topliss-reactive ketones (excluding diaryl/α,β-unsaturated/α-hetero) is 1. The number of fused-ring (bicyclic) bond motifs is 1. The van der Waals surface area contributed by atoms with Gasteiger partial charge in [-0.3, -0.25) is 29.6 Å². The van der Waals surface area contributed by atoms with Crippen molar-refractivity contribution in [2.45, 2.75) is 26.8 Å². The van der Waals surface area contributed by atoms with Gasteiger partial charge in [0, 0.05) is 23.7 Å². The molecule has 1 N–H and O–H groups in total. The fourth-order valence-electron chi connectivity index (χ4n) is 3.37. The van der Waals surface area contributed by atoms with Gasteiger partial charge >= 0.3 is 0 Å². The summed E-state index contributed by atoms with van der Waals surface area (Å²) in [4.78, 5) is 46.8. The molecule has 1 atom stereocenters. The molecule has 1 amide bonds. The van der Waals surface area contributed by atoms with Crippen LogP contribution in [0.1, 0.15) is 32.5 Å². The Morgan fingerprint density at radius 2 is 2.00 bits per heavy atom. The third kappa shape index (κ3) is 3.44. The van der Waals surface area contributed by atoms with E-state index < -0.39 is 28.0 Å². The molecule has 158 valence electrons. The van der Waals surface area contributed by atoms with Gasteiger partial charge in [0.1, 0.15) is 6.04 Å². The highest BCUT2D eigenvalue weighted by Crippen LogP contribution is 2.44. The molecule has 1 unspecified atom stereocenters. The molecular formula is C21H18N4O5S. The van der Waals surface area contributed by atoms with Crippen molar-refractivity contribution in [1.82, 2.24) is 9.97 Å². The summed E-state index contributed by atoms with van der Waals surface area (Å²) in [6.07, 6.45) is 1.54. The first-order valence-electron chi connectivity index (χ1n) is 9.37. The molecule has 0 bridgehead atoms. The summed E-state index contributed by atoms with van der Waals surface area (Å²) < 4.78 is 0.506. The summed E-state index contributed by atoms with van der Waals surface area (Å²) in [6.45, 7) is 5.11. The highest BCUT2D eigenvalue weighted by molar-refractivity contribution is 7.22. The number of nitro benzene ring substituents is 1. The predicted octanol–water partition coefficient (Wildman–Crippen LogP) is 4.11. The van der Waals surface area contributed by atoms with Gasteiger partial charge in [0.25, 0.3) is 11.6 Å². The average Bonchev–Trinajstić information content (AvgIpc) is 3.25. The second-order valence-electron chi connectivity index (χ2n) is 8.08. The van der Waals surface area contributed by atoms with Crippen LogP contribution in [0.3, 0.4) is 0 Å². The number of carbonyl (C=O) groups excluding carboxylic acids is 2. The monoisotopic (exact) mass is 438 g/mol. The molecule has 0 saturated heterocycles. The van der Waals surface area contributed by atoms with E-state index in [1.807, 2.05) is 0 Å². The summed E-state index contributed by atoms with van der Waals surface area (Å²) in [5.74, 6) is -1.79. The summed E-state index contributed by atoms with van der Waals surface area (Å²) in [5.41, 5.74) is -0.116. The lowest BCUT2D eigenvalue weighted by molar-refractivity contribution is -0.384. The number of hydrogen-bond acceptors (Lipinski definition) is 8. The molecule has 10 heteroatoms. The van der Waals surface area contributed by atoms with E-state index in [-0.39, 0.29) is 22.2 Å². The van der Waals surface area contributed by atoms with Crippen molar-refractivity contribution >= 4 is 44.1 Å². The minimum atomic E-state index is -0.962. The molecular weight excluding hydrogens is 420 g/mol. The Hall–Kier alpha value is -3.66. The number of thiazole rings is 1. The van der Waals surface area contributed by atoms with E-state index in [0.717, 1.165) is 11.3 Å². The van der Waals surface area contributed by atoms with E-state index in [1.165, 1.54) is 29.3 Å². The number of nitro groups is 1. The molecule has 1 aliphatic rings. The van der Waals surface area contributed by atoms with Crippen molar-refractivity contribution in [1.29, 1.82) is 0 Å². The number of aliphatic hydroxyl groups excluding tert-OH is 1. The first-order chi connectivity index (χ1) is 14.6. The first kappa shape index (κ1) is 20.6. The summed E-state index contributed by atoms with van der Waals surface area (Å²) >= 11 is 1.06. The summed E-state index contributed by atoms with van der Waals surface area (Å²) in [6, 6.07) is 8.34. The predicted molar refractivity (Wildman–Crippen MR) is 115 cm³/mol. The van der Waals surface area contributed by atoms with Gasteiger partial charge in [-0.1, -0.05) is 38.2 Å². The van der Waals surface area contributed by atoms with E-state index in [2.05, 4.69) is 9.97 Å². The molecule has 0 saturated carbocycles. The first-order valence-corrected chi connectivity index (χ1v) is 10.2. The summed E-state index contributed by atoms with van der Waals surface area (Å²) in [7, 11) is 0. The van der Waals surface area contributed by atoms with Crippen LogP contribution >= 0.6 is 11.3 Å². The molecule has 1 aromatic carbocycles. The highest BCUT2D eigenvalue weighted by Gasteiger charge is 2.48. The zero-order chi connectivity index (χ0) is 22.5. The Balaban J connectivity index is 1.89. The van der Waals surface area contributed by atoms with Gasteiger partial charge in [0.15, 0.2) is 16.7 Å². The molecule has 3 heterocycles. The molecule has 0 fully saturated rings. The number of anilines is 1. The maximum absolute atomic E-state index is 13.2. The van der Waals surface area contributed by atoms with Crippen LogP contribution in [0.25, 0.3) is 10.2 Å². The normalized spacial score (nSPS) is 16.9. The number of nitrogens with zero attached hydrogens (tertiary/aromatic N) is 4. The lowest BCUT2D eigenvalue weighted by Gasteiger charge is -2.26. The topological polar surface area (TPSA) is 127 Å². The lowest BCUT2D eigenvalue weighted by atomic mass is 9.83. The number of rotatable bonds is 4. The minimum absolute atomic E-state index is 0.0403. The molecule has 9 nitrogen and oxygen atoms in total. The molecule has 0 radical (unpaired) electrons. The van der Waals surface area contributed by atoms with Crippen LogP contribution in [0.15, 0.2) is 53.9 Å². The van der Waals surface area contributed by atoms with Gasteiger partial charge in [-0.15, -0.1) is 0 Å². The van der Waals surface area contributed by atoms with Crippen LogP contribution in [-0.2, 0) is 9.59 Å². The van der Waals surface area contributed by atoms with Crippen molar-refractivity contribution in [3.63, 3.8) is 0 Å². The van der Waals surface area contributed by atoms with Gasteiger partial charge in [0.2, 0.25) is 0 Å². The van der Waals surface area contributed by atoms with Gasteiger partial charge in [-0.25, -0.2) is 4.98 Å². The largest absolute Gasteiger partial charge is 0.503 e. The molecule has 0 aliphatic carbocycles. The van der Waals surface area contributed by atoms with E-state index in [0.29, 0.717) is 15.9 Å². The van der Waals surface area contributed by atoms with Crippen LogP contribution in [-0.4, -0.2) is 31.7 Å². The van der Waals surface area contributed by atoms with E-state index in [9.17, 15) is 24.8 Å². The minimum Gasteiger partial charge on any atom is -0.503 e. The Labute approximate surface area is 180 Å². The zero-order valence-corrected chi connectivity index (χ0v) is 17.7. The number of hydrogen-bond donors (Lipinski definition) is 1. The smallest absolute Gasteiger partial charge is 0.296 e. The molecule has 1 aliphatic heterocycles. The van der Waals surface area contributed by atoms with Crippen molar-refractivity contribution in [3.8, 4) is 0 Å². The Morgan fingerprint density at radius 3 is 2.61 bits per heavy atom. The summed E-state index contributed by atoms with van der Waals surface area (Å²) in [5, 5.41) is 22.0. The fraction of sp³-hybridized carbons (Fsp3) is 0.238. The van der Waals surface area contributed by atoms with Crippen LogP contribution in [0.5, 0.6) is 0 Å². The number of aliphatic hydroxyl groups is 1. The SMILES string of the molecule is CC(C)(C)C(=O)C1=C(O)C(=O)N(c2nc3ccc([N+](=O)[O-])cc3s2)C1c1ccccn1. The van der Waals surface area contributed by atoms with E-state index >= 15 is 0 Å². The zero-order valence-electron chi connectivity index (χ0n) is 16.9. The third-order valence-electron chi connectivity index (χ3n) is 4.88. The molecule has 3 aromatic rings. The van der Waals surface area contributed by atoms with Crippen molar-refractivity contribution in [2.24, 2.45) is 5.41 Å². The number of amides is 1. The maximum Gasteiger partial charge on any atom is 0.296 e. The van der Waals surface area contributed by atoms with Crippen molar-refractivity contribution in [2.75, 3.05) is 4.90 Å². The van der Waals surface area contributed by atoms with Gasteiger partial charge in [0.05, 0.1) is 26.4 Å². The second kappa shape index (κ2) is 7.24. The van der Waals surface area contributed by atoms with Crippen LogP contribution in [0.2, 0.25) is 0 Å². The van der Waals surface area contributed by atoms with Gasteiger partial charge < -0.3 is 5.11 Å². The number of non-ortho nitro benzene ring substituents is 1. The molecule has 4 rings (SSSR count).